The van der Waals surface area contributed by atoms with E-state index in [1.165, 1.54) is 56.0 Å². The summed E-state index contributed by atoms with van der Waals surface area (Å²) in [5.74, 6) is 1.32. The summed E-state index contributed by atoms with van der Waals surface area (Å²) >= 11 is 0. The lowest BCUT2D eigenvalue weighted by Gasteiger charge is -2.31. The number of hydrogen-bond acceptors (Lipinski definition) is 7. The molecule has 0 atom stereocenters. The average molecular weight is 456 g/mol. The molecule has 164 valence electrons. The number of ether oxygens (including phenoxy) is 3. The van der Waals surface area contributed by atoms with Gasteiger partial charge in [0.05, 0.1) is 36.4 Å². The molecule has 0 saturated carbocycles. The maximum atomic E-state index is 13.0. The van der Waals surface area contributed by atoms with Gasteiger partial charge >= 0.3 is 0 Å². The number of rotatable bonds is 7. The van der Waals surface area contributed by atoms with Gasteiger partial charge in [-0.25, -0.2) is 16.8 Å². The zero-order valence-electron chi connectivity index (χ0n) is 17.1. The van der Waals surface area contributed by atoms with E-state index in [9.17, 15) is 16.8 Å². The predicted octanol–water partition coefficient (Wildman–Crippen LogP) is 2.34. The molecular formula is C20H25NO7S2. The predicted molar refractivity (Wildman–Crippen MR) is 112 cm³/mol. The van der Waals surface area contributed by atoms with Crippen LogP contribution in [0.1, 0.15) is 12.8 Å². The lowest BCUT2D eigenvalue weighted by Crippen LogP contribution is -2.42. The van der Waals surface area contributed by atoms with Crippen molar-refractivity contribution in [2.24, 2.45) is 0 Å². The zero-order valence-corrected chi connectivity index (χ0v) is 18.7. The quantitative estimate of drug-likeness (QED) is 0.632. The second-order valence-corrected chi connectivity index (χ2v) is 11.0. The fraction of sp³-hybridized carbons (Fsp3) is 0.400. The lowest BCUT2D eigenvalue weighted by molar-refractivity contribution is 0.343. The Hall–Kier alpha value is -2.30. The molecule has 0 radical (unpaired) electrons. The summed E-state index contributed by atoms with van der Waals surface area (Å²) in [5.41, 5.74) is 0. The van der Waals surface area contributed by atoms with Gasteiger partial charge in [0.1, 0.15) is 5.75 Å². The summed E-state index contributed by atoms with van der Waals surface area (Å²) in [5, 5.41) is -0.636. The van der Waals surface area contributed by atoms with E-state index in [-0.39, 0.29) is 35.7 Å². The molecule has 1 aliphatic rings. The van der Waals surface area contributed by atoms with Gasteiger partial charge in [-0.05, 0) is 49.2 Å². The topological polar surface area (TPSA) is 99.2 Å². The third-order valence-electron chi connectivity index (χ3n) is 5.22. The van der Waals surface area contributed by atoms with Crippen LogP contribution in [0.5, 0.6) is 17.2 Å². The molecule has 8 nitrogen and oxygen atoms in total. The van der Waals surface area contributed by atoms with Crippen molar-refractivity contribution < 1.29 is 31.0 Å². The standard InChI is InChI=1S/C20H25NO7S2/c1-26-15-4-6-16(7-5-15)29(22,23)17-10-12-21(13-11-17)30(24,25)18-8-9-19(27-2)20(14-18)28-3/h4-9,14,17H,10-13H2,1-3H3. The Kier molecular flexibility index (Phi) is 6.59. The van der Waals surface area contributed by atoms with Crippen molar-refractivity contribution in [1.29, 1.82) is 0 Å². The molecule has 10 heteroatoms. The summed E-state index contributed by atoms with van der Waals surface area (Å²) in [6.45, 7) is 0.244. The fourth-order valence-electron chi connectivity index (χ4n) is 3.47. The first-order valence-corrected chi connectivity index (χ1v) is 12.3. The SMILES string of the molecule is COc1ccc(S(=O)(=O)C2CCN(S(=O)(=O)c3ccc(OC)c(OC)c3)CC2)cc1. The summed E-state index contributed by atoms with van der Waals surface area (Å²) < 4.78 is 68.6. The highest BCUT2D eigenvalue weighted by molar-refractivity contribution is 7.92. The minimum absolute atomic E-state index is 0.0802. The minimum Gasteiger partial charge on any atom is -0.497 e. The largest absolute Gasteiger partial charge is 0.497 e. The van der Waals surface area contributed by atoms with Crippen molar-refractivity contribution in [3.05, 3.63) is 42.5 Å². The number of nitrogens with zero attached hydrogens (tertiary/aromatic N) is 1. The molecule has 2 aromatic carbocycles. The van der Waals surface area contributed by atoms with Crippen molar-refractivity contribution in [2.75, 3.05) is 34.4 Å². The Bertz CT molecular complexity index is 1090. The van der Waals surface area contributed by atoms with Gasteiger partial charge in [0.15, 0.2) is 21.3 Å². The molecule has 1 aliphatic heterocycles. The van der Waals surface area contributed by atoms with Crippen molar-refractivity contribution >= 4 is 19.9 Å². The van der Waals surface area contributed by atoms with Gasteiger partial charge in [-0.1, -0.05) is 0 Å². The molecule has 0 N–H and O–H groups in total. The molecule has 0 bridgehead atoms. The number of sulfonamides is 1. The van der Waals surface area contributed by atoms with Gasteiger partial charge in [0.2, 0.25) is 10.0 Å². The van der Waals surface area contributed by atoms with Gasteiger partial charge in [0, 0.05) is 19.2 Å². The van der Waals surface area contributed by atoms with Crippen LogP contribution in [-0.2, 0) is 19.9 Å². The number of sulfone groups is 1. The van der Waals surface area contributed by atoms with E-state index in [4.69, 9.17) is 14.2 Å². The number of piperidine rings is 1. The third-order valence-corrected chi connectivity index (χ3v) is 9.39. The molecule has 1 saturated heterocycles. The Morgan fingerprint density at radius 3 is 1.87 bits per heavy atom. The molecule has 0 spiro atoms. The molecule has 0 unspecified atom stereocenters. The average Bonchev–Trinajstić information content (AvgIpc) is 2.78. The molecule has 1 fully saturated rings. The number of methoxy groups -OCH3 is 3. The van der Waals surface area contributed by atoms with Crippen LogP contribution in [0.15, 0.2) is 52.3 Å². The molecule has 0 amide bonds. The second-order valence-electron chi connectivity index (χ2n) is 6.84. The molecule has 30 heavy (non-hydrogen) atoms. The summed E-state index contributed by atoms with van der Waals surface area (Å²) in [6.07, 6.45) is 0.446. The normalized spacial score (nSPS) is 16.2. The van der Waals surface area contributed by atoms with Crippen LogP contribution in [0.2, 0.25) is 0 Å². The van der Waals surface area contributed by atoms with Crippen molar-refractivity contribution in [1.82, 2.24) is 4.31 Å². The molecule has 0 aliphatic carbocycles. The fourth-order valence-corrected chi connectivity index (χ4v) is 6.68. The van der Waals surface area contributed by atoms with Crippen LogP contribution in [0, 0.1) is 0 Å². The van der Waals surface area contributed by atoms with Gasteiger partial charge in [0.25, 0.3) is 0 Å². The van der Waals surface area contributed by atoms with Crippen LogP contribution in [0.4, 0.5) is 0 Å². The molecule has 2 aromatic rings. The summed E-state index contributed by atoms with van der Waals surface area (Å²) in [6, 6.07) is 10.6. The van der Waals surface area contributed by atoms with Gasteiger partial charge < -0.3 is 14.2 Å². The molecule has 0 aromatic heterocycles. The van der Waals surface area contributed by atoms with Crippen molar-refractivity contribution in [2.45, 2.75) is 27.9 Å². The highest BCUT2D eigenvalue weighted by Crippen LogP contribution is 2.33. The smallest absolute Gasteiger partial charge is 0.243 e. The molecule has 1 heterocycles. The first-order valence-electron chi connectivity index (χ1n) is 9.34. The van der Waals surface area contributed by atoms with Crippen molar-refractivity contribution in [3.8, 4) is 17.2 Å². The van der Waals surface area contributed by atoms with E-state index < -0.39 is 25.1 Å². The van der Waals surface area contributed by atoms with E-state index in [0.717, 1.165) is 0 Å². The third kappa shape index (κ3) is 4.26. The van der Waals surface area contributed by atoms with Gasteiger partial charge in [-0.3, -0.25) is 0 Å². The Morgan fingerprint density at radius 1 is 0.767 bits per heavy atom. The highest BCUT2D eigenvalue weighted by Gasteiger charge is 2.36. The van der Waals surface area contributed by atoms with Crippen LogP contribution < -0.4 is 14.2 Å². The van der Waals surface area contributed by atoms with Crippen LogP contribution >= 0.6 is 0 Å². The van der Waals surface area contributed by atoms with Gasteiger partial charge in [-0.2, -0.15) is 4.31 Å². The first kappa shape index (κ1) is 22.4. The monoisotopic (exact) mass is 455 g/mol. The first-order chi connectivity index (χ1) is 14.2. The maximum absolute atomic E-state index is 13.0. The van der Waals surface area contributed by atoms with E-state index in [1.807, 2.05) is 0 Å². The number of benzene rings is 2. The molecular weight excluding hydrogens is 430 g/mol. The van der Waals surface area contributed by atoms with Crippen LogP contribution in [-0.4, -0.2) is 60.8 Å². The Balaban J connectivity index is 1.75. The molecule has 3 rings (SSSR count). The zero-order chi connectivity index (χ0) is 21.9. The highest BCUT2D eigenvalue weighted by atomic mass is 32.2. The van der Waals surface area contributed by atoms with Crippen LogP contribution in [0.25, 0.3) is 0 Å². The summed E-state index contributed by atoms with van der Waals surface area (Å²) in [7, 11) is -2.91. The second kappa shape index (κ2) is 8.83. The van der Waals surface area contributed by atoms with Crippen LogP contribution in [0.3, 0.4) is 0 Å². The van der Waals surface area contributed by atoms with E-state index >= 15 is 0 Å². The lowest BCUT2D eigenvalue weighted by atomic mass is 10.2. The Labute approximate surface area is 177 Å². The number of hydrogen-bond donors (Lipinski definition) is 0. The Morgan fingerprint density at radius 2 is 1.33 bits per heavy atom. The van der Waals surface area contributed by atoms with Crippen molar-refractivity contribution in [3.63, 3.8) is 0 Å². The minimum atomic E-state index is -3.78. The maximum Gasteiger partial charge on any atom is 0.243 e. The van der Waals surface area contributed by atoms with E-state index in [1.54, 1.807) is 12.1 Å². The van der Waals surface area contributed by atoms with E-state index in [2.05, 4.69) is 0 Å². The van der Waals surface area contributed by atoms with Gasteiger partial charge in [-0.15, -0.1) is 0 Å². The van der Waals surface area contributed by atoms with E-state index in [0.29, 0.717) is 17.2 Å². The summed E-state index contributed by atoms with van der Waals surface area (Å²) in [4.78, 5) is 0.293.